The summed E-state index contributed by atoms with van der Waals surface area (Å²) >= 11 is 0. The molecule has 0 amide bonds. The molecule has 2 fully saturated rings. The molecule has 2 heterocycles. The maximum Gasteiger partial charge on any atom is 0.203 e. The zero-order valence-electron chi connectivity index (χ0n) is 26.8. The van der Waals surface area contributed by atoms with Gasteiger partial charge in [-0.25, -0.2) is 8.42 Å². The summed E-state index contributed by atoms with van der Waals surface area (Å²) in [5.41, 5.74) is 1.57. The minimum atomic E-state index is -3.90. The lowest BCUT2D eigenvalue weighted by molar-refractivity contribution is 0.0434. The number of ether oxygens (including phenoxy) is 6. The van der Waals surface area contributed by atoms with E-state index in [1.807, 2.05) is 25.1 Å². The number of hydrogen-bond acceptors (Lipinski definition) is 10. The maximum atomic E-state index is 13.6. The Hall–Kier alpha value is -2.73. The molecule has 1 unspecified atom stereocenters. The minimum Gasteiger partial charge on any atom is -0.493 e. The van der Waals surface area contributed by atoms with Crippen molar-refractivity contribution in [2.75, 3.05) is 59.9 Å². The Morgan fingerprint density at radius 3 is 2.05 bits per heavy atom. The summed E-state index contributed by atoms with van der Waals surface area (Å²) in [6, 6.07) is 7.25. The molecule has 2 aliphatic rings. The molecule has 2 aromatic carbocycles. The van der Waals surface area contributed by atoms with E-state index < -0.39 is 21.7 Å². The van der Waals surface area contributed by atoms with Crippen molar-refractivity contribution < 1.29 is 41.9 Å². The van der Waals surface area contributed by atoms with Crippen molar-refractivity contribution in [2.45, 2.75) is 82.0 Å². The Bertz CT molecular complexity index is 1300. The summed E-state index contributed by atoms with van der Waals surface area (Å²) in [5.74, 6) is 1.75. The maximum absolute atomic E-state index is 13.6. The van der Waals surface area contributed by atoms with Gasteiger partial charge in [-0.1, -0.05) is 13.3 Å². The first-order valence-electron chi connectivity index (χ1n) is 15.7. The summed E-state index contributed by atoms with van der Waals surface area (Å²) in [5, 5.41) is 10.0. The van der Waals surface area contributed by atoms with Crippen LogP contribution in [-0.4, -0.2) is 84.5 Å². The van der Waals surface area contributed by atoms with E-state index in [4.69, 9.17) is 28.4 Å². The van der Waals surface area contributed by atoms with Crippen LogP contribution in [0.5, 0.6) is 28.7 Å². The van der Waals surface area contributed by atoms with Gasteiger partial charge in [-0.15, -0.1) is 0 Å². The SMILES string of the molecule is CCCOc1c(OCCCN2CCCCC2)cc([C@H]2CC[C@H](c3cc(OC)c(OC)c(OC)c3)O2)cc1S(=O)(=O)CC(C)O. The summed E-state index contributed by atoms with van der Waals surface area (Å²) in [6.07, 6.45) is 4.94. The molecule has 0 bridgehead atoms. The third-order valence-electron chi connectivity index (χ3n) is 8.06. The van der Waals surface area contributed by atoms with E-state index in [1.165, 1.54) is 26.2 Å². The first kappa shape index (κ1) is 34.1. The van der Waals surface area contributed by atoms with Crippen LogP contribution in [0.15, 0.2) is 29.2 Å². The average Bonchev–Trinajstić information content (AvgIpc) is 3.51. The van der Waals surface area contributed by atoms with E-state index in [0.717, 1.165) is 31.6 Å². The zero-order valence-corrected chi connectivity index (χ0v) is 27.6. The summed E-state index contributed by atoms with van der Waals surface area (Å²) in [4.78, 5) is 2.47. The Morgan fingerprint density at radius 1 is 0.864 bits per heavy atom. The van der Waals surface area contributed by atoms with Crippen molar-refractivity contribution in [3.05, 3.63) is 35.4 Å². The van der Waals surface area contributed by atoms with Crippen molar-refractivity contribution in [1.29, 1.82) is 0 Å². The monoisotopic (exact) mass is 635 g/mol. The second-order valence-electron chi connectivity index (χ2n) is 11.6. The van der Waals surface area contributed by atoms with Crippen molar-refractivity contribution >= 4 is 9.84 Å². The fourth-order valence-corrected chi connectivity index (χ4v) is 7.52. The number of nitrogens with zero attached hydrogens (tertiary/aromatic N) is 1. The van der Waals surface area contributed by atoms with Gasteiger partial charge in [0.25, 0.3) is 0 Å². The molecule has 0 aliphatic carbocycles. The minimum absolute atomic E-state index is 0.0233. The van der Waals surface area contributed by atoms with E-state index in [1.54, 1.807) is 27.4 Å². The molecule has 0 radical (unpaired) electrons. The van der Waals surface area contributed by atoms with Crippen LogP contribution in [0, 0.1) is 0 Å². The summed E-state index contributed by atoms with van der Waals surface area (Å²) in [6.45, 7) is 7.34. The molecule has 0 spiro atoms. The van der Waals surface area contributed by atoms with Crippen LogP contribution in [0.1, 0.15) is 82.1 Å². The van der Waals surface area contributed by atoms with Crippen molar-refractivity contribution in [1.82, 2.24) is 4.90 Å². The van der Waals surface area contributed by atoms with E-state index in [0.29, 0.717) is 61.0 Å². The second-order valence-corrected chi connectivity index (χ2v) is 13.6. The fraction of sp³-hybridized carbons (Fsp3) is 0.636. The molecule has 44 heavy (non-hydrogen) atoms. The quantitative estimate of drug-likeness (QED) is 0.237. The zero-order chi connectivity index (χ0) is 31.7. The topological polar surface area (TPSA) is 113 Å². The molecule has 2 saturated heterocycles. The molecule has 0 aromatic heterocycles. The smallest absolute Gasteiger partial charge is 0.203 e. The summed E-state index contributed by atoms with van der Waals surface area (Å²) < 4.78 is 62.6. The molecule has 4 rings (SSSR count). The number of likely N-dealkylation sites (tertiary alicyclic amines) is 1. The highest BCUT2D eigenvalue weighted by Gasteiger charge is 2.33. The highest BCUT2D eigenvalue weighted by molar-refractivity contribution is 7.91. The summed E-state index contributed by atoms with van der Waals surface area (Å²) in [7, 11) is 0.810. The standard InChI is InChI=1S/C33H49NO9S/c1-6-16-42-33-30(41-17-10-15-34-13-8-7-9-14-34)20-25(21-31(33)44(36,37)22-23(2)35)27-12-11-26(43-27)24-18-28(38-3)32(40-5)29(19-24)39-4/h18-21,23,26-27,35H,6-17,22H2,1-5H3/t23?,26-,27-/m1/s1. The van der Waals surface area contributed by atoms with Gasteiger partial charge in [-0.05, 0) is 93.9 Å². The van der Waals surface area contributed by atoms with E-state index in [-0.39, 0.29) is 22.9 Å². The van der Waals surface area contributed by atoms with Gasteiger partial charge in [0, 0.05) is 6.54 Å². The fourth-order valence-electron chi connectivity index (χ4n) is 5.94. The molecule has 2 aliphatic heterocycles. The predicted molar refractivity (Wildman–Crippen MR) is 168 cm³/mol. The third kappa shape index (κ3) is 8.50. The largest absolute Gasteiger partial charge is 0.493 e. The highest BCUT2D eigenvalue weighted by atomic mass is 32.2. The molecular formula is C33H49NO9S. The number of hydrogen-bond donors (Lipinski definition) is 1. The number of benzene rings is 2. The van der Waals surface area contributed by atoms with Crippen molar-refractivity contribution in [3.63, 3.8) is 0 Å². The Kier molecular flexibility index (Phi) is 12.4. The Labute approximate surface area is 262 Å². The first-order chi connectivity index (χ1) is 21.2. The van der Waals surface area contributed by atoms with E-state index in [2.05, 4.69) is 4.90 Å². The van der Waals surface area contributed by atoms with Crippen LogP contribution in [0.4, 0.5) is 0 Å². The molecule has 246 valence electrons. The van der Waals surface area contributed by atoms with Crippen molar-refractivity contribution in [2.24, 2.45) is 0 Å². The highest BCUT2D eigenvalue weighted by Crippen LogP contribution is 2.48. The van der Waals surface area contributed by atoms with Crippen LogP contribution < -0.4 is 23.7 Å². The first-order valence-corrected chi connectivity index (χ1v) is 17.4. The Balaban J connectivity index is 1.64. The molecule has 10 nitrogen and oxygen atoms in total. The van der Waals surface area contributed by atoms with Gasteiger partial charge in [-0.2, -0.15) is 0 Å². The van der Waals surface area contributed by atoms with Gasteiger partial charge < -0.3 is 38.4 Å². The average molecular weight is 636 g/mol. The van der Waals surface area contributed by atoms with Crippen LogP contribution in [0.25, 0.3) is 0 Å². The van der Waals surface area contributed by atoms with Crippen LogP contribution >= 0.6 is 0 Å². The number of methoxy groups -OCH3 is 3. The number of sulfone groups is 1. The Morgan fingerprint density at radius 2 is 1.48 bits per heavy atom. The van der Waals surface area contributed by atoms with Gasteiger partial charge in [0.1, 0.15) is 4.90 Å². The molecular weight excluding hydrogens is 586 g/mol. The number of piperidine rings is 1. The van der Waals surface area contributed by atoms with Gasteiger partial charge >= 0.3 is 0 Å². The molecule has 3 atom stereocenters. The molecule has 2 aromatic rings. The number of aliphatic hydroxyl groups is 1. The number of rotatable bonds is 16. The molecule has 1 N–H and O–H groups in total. The third-order valence-corrected chi connectivity index (χ3v) is 9.96. The van der Waals surface area contributed by atoms with Gasteiger partial charge in [0.2, 0.25) is 5.75 Å². The van der Waals surface area contributed by atoms with Gasteiger partial charge in [-0.3, -0.25) is 0 Å². The number of aliphatic hydroxyl groups excluding tert-OH is 1. The van der Waals surface area contributed by atoms with E-state index in [9.17, 15) is 13.5 Å². The normalized spacial score (nSPS) is 19.9. The van der Waals surface area contributed by atoms with Crippen LogP contribution in [-0.2, 0) is 14.6 Å². The lowest BCUT2D eigenvalue weighted by Gasteiger charge is -2.26. The lowest BCUT2D eigenvalue weighted by atomic mass is 10.0. The predicted octanol–water partition coefficient (Wildman–Crippen LogP) is 5.50. The van der Waals surface area contributed by atoms with E-state index >= 15 is 0 Å². The lowest BCUT2D eigenvalue weighted by Crippen LogP contribution is -2.31. The molecule has 11 heteroatoms. The molecule has 0 saturated carbocycles. The second kappa shape index (κ2) is 16.0. The van der Waals surface area contributed by atoms with Gasteiger partial charge in [0.05, 0.1) is 58.6 Å². The van der Waals surface area contributed by atoms with Crippen LogP contribution in [0.3, 0.4) is 0 Å². The van der Waals surface area contributed by atoms with Crippen molar-refractivity contribution in [3.8, 4) is 28.7 Å². The van der Waals surface area contributed by atoms with Crippen LogP contribution in [0.2, 0.25) is 0 Å². The van der Waals surface area contributed by atoms with Gasteiger partial charge in [0.15, 0.2) is 32.8 Å².